The summed E-state index contributed by atoms with van der Waals surface area (Å²) in [7, 11) is 1.93. The van der Waals surface area contributed by atoms with E-state index in [4.69, 9.17) is 0 Å². The Balaban J connectivity index is 1.69. The molecule has 2 saturated carbocycles. The Hall–Kier alpha value is -1.36. The molecule has 19 heavy (non-hydrogen) atoms. The fourth-order valence-electron chi connectivity index (χ4n) is 3.89. The molecular weight excluding hydrogens is 242 g/mol. The highest BCUT2D eigenvalue weighted by Crippen LogP contribution is 2.48. The maximum atomic E-state index is 11.4. The van der Waals surface area contributed by atoms with Crippen molar-refractivity contribution in [3.63, 3.8) is 0 Å². The van der Waals surface area contributed by atoms with Crippen LogP contribution in [0, 0.1) is 24.7 Å². The predicted molar refractivity (Wildman–Crippen MR) is 70.5 cm³/mol. The van der Waals surface area contributed by atoms with Gasteiger partial charge in [0.05, 0.1) is 12.1 Å². The van der Waals surface area contributed by atoms with E-state index in [2.05, 4.69) is 10.4 Å². The van der Waals surface area contributed by atoms with Crippen molar-refractivity contribution in [3.05, 3.63) is 17.5 Å². The smallest absolute Gasteiger partial charge is 0.308 e. The van der Waals surface area contributed by atoms with Crippen LogP contribution >= 0.6 is 0 Å². The summed E-state index contributed by atoms with van der Waals surface area (Å²) in [5.41, 5.74) is 2.30. The third-order valence-electron chi connectivity index (χ3n) is 5.07. The summed E-state index contributed by atoms with van der Waals surface area (Å²) >= 11 is 0. The SMILES string of the molecule is Cc1c(CNC2C3CCC(C3)C2C(=O)O)cnn1C. The zero-order valence-corrected chi connectivity index (χ0v) is 11.5. The molecule has 2 aliphatic carbocycles. The number of aryl methyl sites for hydroxylation is 1. The van der Waals surface area contributed by atoms with Gasteiger partial charge in [-0.3, -0.25) is 9.48 Å². The Bertz CT molecular complexity index is 497. The molecule has 4 atom stereocenters. The lowest BCUT2D eigenvalue weighted by Crippen LogP contribution is -2.43. The Morgan fingerprint density at radius 1 is 1.53 bits per heavy atom. The third kappa shape index (κ3) is 2.06. The molecule has 5 heteroatoms. The van der Waals surface area contributed by atoms with Crippen LogP contribution in [-0.4, -0.2) is 26.9 Å². The van der Waals surface area contributed by atoms with Crippen LogP contribution in [0.5, 0.6) is 0 Å². The molecule has 2 N–H and O–H groups in total. The van der Waals surface area contributed by atoms with Crippen molar-refractivity contribution in [3.8, 4) is 0 Å². The van der Waals surface area contributed by atoms with E-state index in [1.54, 1.807) is 0 Å². The first-order chi connectivity index (χ1) is 9.08. The number of rotatable bonds is 4. The van der Waals surface area contributed by atoms with Crippen LogP contribution in [0.2, 0.25) is 0 Å². The first-order valence-corrected chi connectivity index (χ1v) is 7.01. The van der Waals surface area contributed by atoms with Gasteiger partial charge in [-0.1, -0.05) is 0 Å². The molecule has 1 heterocycles. The van der Waals surface area contributed by atoms with Gasteiger partial charge < -0.3 is 10.4 Å². The Morgan fingerprint density at radius 3 is 2.89 bits per heavy atom. The van der Waals surface area contributed by atoms with E-state index in [1.165, 1.54) is 6.42 Å². The minimum atomic E-state index is -0.632. The van der Waals surface area contributed by atoms with Gasteiger partial charge in [-0.25, -0.2) is 0 Å². The van der Waals surface area contributed by atoms with E-state index >= 15 is 0 Å². The van der Waals surface area contributed by atoms with Gasteiger partial charge in [0.15, 0.2) is 0 Å². The summed E-state index contributed by atoms with van der Waals surface area (Å²) in [6.45, 7) is 2.76. The third-order valence-corrected chi connectivity index (χ3v) is 5.07. The van der Waals surface area contributed by atoms with Crippen LogP contribution in [0.3, 0.4) is 0 Å². The molecular formula is C14H21N3O2. The zero-order chi connectivity index (χ0) is 13.6. The van der Waals surface area contributed by atoms with Crippen LogP contribution in [0.4, 0.5) is 0 Å². The highest BCUT2D eigenvalue weighted by Gasteiger charge is 2.50. The quantitative estimate of drug-likeness (QED) is 0.859. The number of carbonyl (C=O) groups is 1. The molecule has 0 aliphatic heterocycles. The summed E-state index contributed by atoms with van der Waals surface area (Å²) in [4.78, 5) is 11.4. The van der Waals surface area contributed by atoms with Crippen LogP contribution in [0.15, 0.2) is 6.20 Å². The molecule has 5 nitrogen and oxygen atoms in total. The van der Waals surface area contributed by atoms with E-state index < -0.39 is 5.97 Å². The number of fused-ring (bicyclic) bond motifs is 2. The van der Waals surface area contributed by atoms with Gasteiger partial charge in [0, 0.05) is 30.9 Å². The normalized spacial score (nSPS) is 32.9. The molecule has 2 aliphatic rings. The second kappa shape index (κ2) is 4.63. The molecule has 2 fully saturated rings. The standard InChI is InChI=1S/C14H21N3O2/c1-8-11(7-16-17(8)2)6-15-13-10-4-3-9(5-10)12(13)14(18)19/h7,9-10,12-13,15H,3-6H2,1-2H3,(H,18,19). The summed E-state index contributed by atoms with van der Waals surface area (Å²) in [6, 6.07) is 0.135. The second-order valence-electron chi connectivity index (χ2n) is 5.98. The summed E-state index contributed by atoms with van der Waals surface area (Å²) in [6.07, 6.45) is 5.22. The first kappa shape index (κ1) is 12.7. The Kier molecular flexibility index (Phi) is 3.09. The summed E-state index contributed by atoms with van der Waals surface area (Å²) < 4.78 is 1.85. The second-order valence-corrected chi connectivity index (χ2v) is 5.98. The summed E-state index contributed by atoms with van der Waals surface area (Å²) in [5.74, 6) is 0.0985. The summed E-state index contributed by atoms with van der Waals surface area (Å²) in [5, 5.41) is 17.1. The lowest BCUT2D eigenvalue weighted by Gasteiger charge is -2.29. The van der Waals surface area contributed by atoms with Gasteiger partial charge in [-0.2, -0.15) is 5.10 Å². The number of aromatic nitrogens is 2. The fourth-order valence-corrected chi connectivity index (χ4v) is 3.89. The first-order valence-electron chi connectivity index (χ1n) is 7.01. The average Bonchev–Trinajstić information content (AvgIpc) is 3.04. The topological polar surface area (TPSA) is 67.2 Å². The van der Waals surface area contributed by atoms with Crippen molar-refractivity contribution in [1.29, 1.82) is 0 Å². The van der Waals surface area contributed by atoms with Crippen molar-refractivity contribution < 1.29 is 9.90 Å². The van der Waals surface area contributed by atoms with Crippen molar-refractivity contribution in [1.82, 2.24) is 15.1 Å². The van der Waals surface area contributed by atoms with Gasteiger partial charge in [0.25, 0.3) is 0 Å². The van der Waals surface area contributed by atoms with Gasteiger partial charge in [-0.15, -0.1) is 0 Å². The number of aliphatic carboxylic acids is 1. The molecule has 104 valence electrons. The molecule has 1 aromatic heterocycles. The van der Waals surface area contributed by atoms with Crippen LogP contribution in [0.25, 0.3) is 0 Å². The van der Waals surface area contributed by atoms with Crippen LogP contribution in [-0.2, 0) is 18.4 Å². The molecule has 0 spiro atoms. The highest BCUT2D eigenvalue weighted by atomic mass is 16.4. The Morgan fingerprint density at radius 2 is 2.26 bits per heavy atom. The number of hydrogen-bond acceptors (Lipinski definition) is 3. The van der Waals surface area contributed by atoms with Crippen LogP contribution < -0.4 is 5.32 Å². The molecule has 4 unspecified atom stereocenters. The predicted octanol–water partition coefficient (Wildman–Crippen LogP) is 1.32. The fraction of sp³-hybridized carbons (Fsp3) is 0.714. The largest absolute Gasteiger partial charge is 0.481 e. The van der Waals surface area contributed by atoms with E-state index in [1.807, 2.05) is 24.9 Å². The van der Waals surface area contributed by atoms with E-state index in [9.17, 15) is 9.90 Å². The van der Waals surface area contributed by atoms with Gasteiger partial charge in [0.2, 0.25) is 0 Å². The average molecular weight is 263 g/mol. The lowest BCUT2D eigenvalue weighted by molar-refractivity contribution is -0.144. The lowest BCUT2D eigenvalue weighted by atomic mass is 9.84. The van der Waals surface area contributed by atoms with Crippen LogP contribution in [0.1, 0.15) is 30.5 Å². The minimum Gasteiger partial charge on any atom is -0.481 e. The number of carboxylic acid groups (broad SMARTS) is 1. The Labute approximate surface area is 113 Å². The van der Waals surface area contributed by atoms with Gasteiger partial charge >= 0.3 is 5.97 Å². The maximum absolute atomic E-state index is 11.4. The number of carboxylic acids is 1. The molecule has 0 radical (unpaired) electrons. The molecule has 3 rings (SSSR count). The minimum absolute atomic E-state index is 0.135. The van der Waals surface area contributed by atoms with E-state index in [0.717, 1.165) is 30.6 Å². The highest BCUT2D eigenvalue weighted by molar-refractivity contribution is 5.72. The molecule has 0 aromatic carbocycles. The van der Waals surface area contributed by atoms with Crippen molar-refractivity contribution >= 4 is 5.97 Å². The van der Waals surface area contributed by atoms with E-state index in [0.29, 0.717) is 11.8 Å². The molecule has 0 saturated heterocycles. The zero-order valence-electron chi connectivity index (χ0n) is 11.5. The maximum Gasteiger partial charge on any atom is 0.308 e. The number of nitrogens with zero attached hydrogens (tertiary/aromatic N) is 2. The molecule has 1 aromatic rings. The number of nitrogens with one attached hydrogen (secondary N) is 1. The van der Waals surface area contributed by atoms with Gasteiger partial charge in [0.1, 0.15) is 0 Å². The van der Waals surface area contributed by atoms with Gasteiger partial charge in [-0.05, 0) is 38.0 Å². The molecule has 0 amide bonds. The monoisotopic (exact) mass is 263 g/mol. The van der Waals surface area contributed by atoms with Crippen molar-refractivity contribution in [2.24, 2.45) is 24.8 Å². The molecule has 2 bridgehead atoms. The van der Waals surface area contributed by atoms with E-state index in [-0.39, 0.29) is 12.0 Å². The van der Waals surface area contributed by atoms with Crippen molar-refractivity contribution in [2.45, 2.75) is 38.8 Å². The van der Waals surface area contributed by atoms with Crippen molar-refractivity contribution in [2.75, 3.05) is 0 Å². The number of hydrogen-bond donors (Lipinski definition) is 2.